The summed E-state index contributed by atoms with van der Waals surface area (Å²) in [5.41, 5.74) is 0. The molecule has 0 aromatic carbocycles. The number of hydrogen-bond acceptors (Lipinski definition) is 1. The van der Waals surface area contributed by atoms with Gasteiger partial charge in [0.15, 0.2) is 0 Å². The molecule has 0 aliphatic carbocycles. The number of rotatable bonds is 3. The molecule has 1 unspecified atom stereocenters. The van der Waals surface area contributed by atoms with Gasteiger partial charge in [0.1, 0.15) is 0 Å². The first-order valence-corrected chi connectivity index (χ1v) is 3.59. The minimum atomic E-state index is -0.295. The van der Waals surface area contributed by atoms with Crippen molar-refractivity contribution in [2.24, 2.45) is 0 Å². The molecule has 0 aliphatic heterocycles. The molecule has 0 spiro atoms. The zero-order chi connectivity index (χ0) is 7.28. The van der Waals surface area contributed by atoms with Gasteiger partial charge in [0, 0.05) is 6.54 Å². The molecule has 1 amide bonds. The van der Waals surface area contributed by atoms with Gasteiger partial charge >= 0.3 is 0 Å². The van der Waals surface area contributed by atoms with E-state index in [1.54, 1.807) is 6.92 Å². The molecule has 0 saturated carbocycles. The van der Waals surface area contributed by atoms with Crippen LogP contribution < -0.4 is 5.32 Å². The van der Waals surface area contributed by atoms with Crippen molar-refractivity contribution in [1.82, 2.24) is 5.32 Å². The van der Waals surface area contributed by atoms with E-state index >= 15 is 0 Å². The molecule has 9 heavy (non-hydrogen) atoms. The van der Waals surface area contributed by atoms with Crippen molar-refractivity contribution in [3.8, 4) is 0 Å². The van der Waals surface area contributed by atoms with Crippen LogP contribution in [0, 0.1) is 0 Å². The maximum atomic E-state index is 10.7. The lowest BCUT2D eigenvalue weighted by atomic mass is 10.4. The number of carbonyl (C=O) groups excluding carboxylic acids is 1. The Labute approximate surface area is 61.4 Å². The first kappa shape index (κ1) is 8.82. The van der Waals surface area contributed by atoms with Crippen molar-refractivity contribution < 1.29 is 4.79 Å². The smallest absolute Gasteiger partial charge is 0.233 e. The predicted molar refractivity (Wildman–Crippen MR) is 40.4 cm³/mol. The second-order valence-corrected chi connectivity index (χ2v) is 2.64. The van der Waals surface area contributed by atoms with Gasteiger partial charge in [0.25, 0.3) is 0 Å². The Morgan fingerprint density at radius 2 is 2.33 bits per heavy atom. The normalized spacial score (nSPS) is 12.8. The second-order valence-electron chi connectivity index (χ2n) is 1.93. The van der Waals surface area contributed by atoms with Crippen LogP contribution in [0.5, 0.6) is 0 Å². The van der Waals surface area contributed by atoms with Gasteiger partial charge in [-0.2, -0.15) is 0 Å². The largest absolute Gasteiger partial charge is 0.355 e. The third-order valence-electron chi connectivity index (χ3n) is 0.918. The van der Waals surface area contributed by atoms with Crippen LogP contribution in [0.25, 0.3) is 0 Å². The van der Waals surface area contributed by atoms with Crippen molar-refractivity contribution in [2.75, 3.05) is 6.54 Å². The molecule has 0 heterocycles. The highest BCUT2D eigenvalue weighted by Crippen LogP contribution is 1.90. The first-order valence-electron chi connectivity index (χ1n) is 3.12. The highest BCUT2D eigenvalue weighted by atomic mass is 32.1. The molecule has 1 radical (unpaired) electrons. The molecule has 0 bridgehead atoms. The average Bonchev–Trinajstić information content (AvgIpc) is 1.82. The Hall–Kier alpha value is -0.180. The molecule has 3 heteroatoms. The summed E-state index contributed by atoms with van der Waals surface area (Å²) in [5, 5.41) is 2.39. The van der Waals surface area contributed by atoms with Crippen molar-refractivity contribution in [3.63, 3.8) is 0 Å². The van der Waals surface area contributed by atoms with Crippen molar-refractivity contribution in [3.05, 3.63) is 0 Å². The van der Waals surface area contributed by atoms with Crippen molar-refractivity contribution in [2.45, 2.75) is 25.5 Å². The molecule has 2 nitrogen and oxygen atoms in total. The fourth-order valence-corrected chi connectivity index (χ4v) is 0.475. The highest BCUT2D eigenvalue weighted by molar-refractivity contribution is 7.81. The standard InChI is InChI=1S/C6H12NOS/c1-3-4-7-6(8)5(2)9/h5H,3-4H2,1-2H3,(H,7,8). The molecular weight excluding hydrogens is 134 g/mol. The second kappa shape index (κ2) is 4.68. The van der Waals surface area contributed by atoms with Crippen LogP contribution in [-0.2, 0) is 4.79 Å². The lowest BCUT2D eigenvalue weighted by molar-refractivity contribution is -0.120. The number of amides is 1. The van der Waals surface area contributed by atoms with Gasteiger partial charge < -0.3 is 5.32 Å². The van der Waals surface area contributed by atoms with Crippen LogP contribution in [0.1, 0.15) is 20.3 Å². The number of carbonyl (C=O) groups is 1. The van der Waals surface area contributed by atoms with Gasteiger partial charge in [0.05, 0.1) is 5.25 Å². The van der Waals surface area contributed by atoms with E-state index in [1.807, 2.05) is 6.92 Å². The molecule has 53 valence electrons. The molecule has 1 N–H and O–H groups in total. The van der Waals surface area contributed by atoms with Gasteiger partial charge in [-0.25, -0.2) is 0 Å². The van der Waals surface area contributed by atoms with Gasteiger partial charge in [0.2, 0.25) is 5.91 Å². The number of nitrogens with one attached hydrogen (secondary N) is 1. The summed E-state index contributed by atoms with van der Waals surface area (Å²) in [4.78, 5) is 10.7. The minimum Gasteiger partial charge on any atom is -0.355 e. The highest BCUT2D eigenvalue weighted by Gasteiger charge is 2.05. The van der Waals surface area contributed by atoms with E-state index in [0.29, 0.717) is 0 Å². The van der Waals surface area contributed by atoms with E-state index in [9.17, 15) is 4.79 Å². The van der Waals surface area contributed by atoms with Crippen LogP contribution >= 0.6 is 12.6 Å². The molecule has 0 fully saturated rings. The Kier molecular flexibility index (Phi) is 4.58. The summed E-state index contributed by atoms with van der Waals surface area (Å²) in [7, 11) is 0. The fraction of sp³-hybridized carbons (Fsp3) is 0.833. The summed E-state index contributed by atoms with van der Waals surface area (Å²) in [5.74, 6) is -0.0353. The van der Waals surface area contributed by atoms with Crippen LogP contribution in [0.15, 0.2) is 0 Å². The zero-order valence-electron chi connectivity index (χ0n) is 5.81. The van der Waals surface area contributed by atoms with E-state index in [4.69, 9.17) is 12.6 Å². The predicted octanol–water partition coefficient (Wildman–Crippen LogP) is 1.10. The third-order valence-corrected chi connectivity index (χ3v) is 1.13. The minimum absolute atomic E-state index is 0.0353. The Morgan fingerprint density at radius 3 is 2.67 bits per heavy atom. The maximum Gasteiger partial charge on any atom is 0.233 e. The van der Waals surface area contributed by atoms with Gasteiger partial charge in [-0.1, -0.05) is 19.6 Å². The van der Waals surface area contributed by atoms with Crippen LogP contribution in [0.2, 0.25) is 0 Å². The van der Waals surface area contributed by atoms with E-state index < -0.39 is 0 Å². The van der Waals surface area contributed by atoms with E-state index in [2.05, 4.69) is 5.32 Å². The van der Waals surface area contributed by atoms with Crippen LogP contribution in [-0.4, -0.2) is 17.7 Å². The summed E-state index contributed by atoms with van der Waals surface area (Å²) < 4.78 is 0. The van der Waals surface area contributed by atoms with Gasteiger partial charge in [-0.05, 0) is 13.3 Å². The number of hydrogen-bond donors (Lipinski definition) is 1. The van der Waals surface area contributed by atoms with Crippen LogP contribution in [0.3, 0.4) is 0 Å². The van der Waals surface area contributed by atoms with E-state index in [1.165, 1.54) is 0 Å². The third kappa shape index (κ3) is 4.33. The van der Waals surface area contributed by atoms with E-state index in [0.717, 1.165) is 13.0 Å². The van der Waals surface area contributed by atoms with Crippen molar-refractivity contribution in [1.29, 1.82) is 0 Å². The SMILES string of the molecule is CCCNC(=O)C(C)[S]. The quantitative estimate of drug-likeness (QED) is 0.634. The Morgan fingerprint density at radius 1 is 1.78 bits per heavy atom. The molecule has 0 aliphatic rings. The van der Waals surface area contributed by atoms with Gasteiger partial charge in [-0.3, -0.25) is 4.79 Å². The topological polar surface area (TPSA) is 29.1 Å². The summed E-state index contributed by atoms with van der Waals surface area (Å²) in [6, 6.07) is 0. The summed E-state index contributed by atoms with van der Waals surface area (Å²) >= 11 is 4.70. The fourth-order valence-electron chi connectivity index (χ4n) is 0.392. The van der Waals surface area contributed by atoms with Gasteiger partial charge in [-0.15, -0.1) is 0 Å². The van der Waals surface area contributed by atoms with Crippen molar-refractivity contribution >= 4 is 18.5 Å². The lowest BCUT2D eigenvalue weighted by Gasteiger charge is -2.03. The molecule has 0 aromatic rings. The maximum absolute atomic E-state index is 10.7. The monoisotopic (exact) mass is 146 g/mol. The lowest BCUT2D eigenvalue weighted by Crippen LogP contribution is -2.30. The molecular formula is C6H12NOS. The first-order chi connectivity index (χ1) is 4.18. The Balaban J connectivity index is 3.28. The Bertz CT molecular complexity index is 93.1. The zero-order valence-corrected chi connectivity index (χ0v) is 6.62. The molecule has 0 aromatic heterocycles. The summed E-state index contributed by atoms with van der Waals surface area (Å²) in [6.07, 6.45) is 0.966. The summed E-state index contributed by atoms with van der Waals surface area (Å²) in [6.45, 7) is 4.45. The van der Waals surface area contributed by atoms with Crippen LogP contribution in [0.4, 0.5) is 0 Å². The average molecular weight is 146 g/mol. The molecule has 0 saturated heterocycles. The molecule has 1 atom stereocenters. The molecule has 0 rings (SSSR count). The van der Waals surface area contributed by atoms with E-state index in [-0.39, 0.29) is 11.2 Å².